The highest BCUT2D eigenvalue weighted by atomic mass is 79.9. The second-order valence-electron chi connectivity index (χ2n) is 2.29. The molecule has 0 amide bonds. The Kier molecular flexibility index (Phi) is 3.41. The average molecular weight is 298 g/mol. The lowest BCUT2D eigenvalue weighted by Gasteiger charge is -2.05. The van der Waals surface area contributed by atoms with E-state index in [4.69, 9.17) is 11.6 Å². The number of aryl methyl sites for hydroxylation is 1. The van der Waals surface area contributed by atoms with Gasteiger partial charge < -0.3 is 0 Å². The molecule has 0 fully saturated rings. The van der Waals surface area contributed by atoms with Crippen LogP contribution in [0.15, 0.2) is 21.1 Å². The van der Waals surface area contributed by atoms with Gasteiger partial charge in [-0.2, -0.15) is 0 Å². The van der Waals surface area contributed by atoms with Crippen molar-refractivity contribution in [2.24, 2.45) is 0 Å². The summed E-state index contributed by atoms with van der Waals surface area (Å²) in [5, 5.41) is 0. The van der Waals surface area contributed by atoms with Crippen LogP contribution in [0.4, 0.5) is 0 Å². The Balaban J connectivity index is 3.29. The monoisotopic (exact) mass is 296 g/mol. The van der Waals surface area contributed by atoms with E-state index in [1.165, 1.54) is 5.56 Å². The maximum Gasteiger partial charge on any atom is 0.0488 e. The first-order valence-electron chi connectivity index (χ1n) is 3.16. The summed E-state index contributed by atoms with van der Waals surface area (Å²) in [6.45, 7) is 2.05. The van der Waals surface area contributed by atoms with Crippen LogP contribution in [0, 0.1) is 6.92 Å². The molecule has 60 valence electrons. The van der Waals surface area contributed by atoms with Crippen molar-refractivity contribution in [1.82, 2.24) is 0 Å². The molecular weight excluding hydrogens is 291 g/mol. The highest BCUT2D eigenvalue weighted by molar-refractivity contribution is 9.13. The fourth-order valence-electron chi connectivity index (χ4n) is 0.853. The van der Waals surface area contributed by atoms with Gasteiger partial charge in [0.25, 0.3) is 0 Å². The van der Waals surface area contributed by atoms with E-state index < -0.39 is 0 Å². The average Bonchev–Trinajstić information content (AvgIpc) is 1.99. The van der Waals surface area contributed by atoms with Crippen LogP contribution in [0.5, 0.6) is 0 Å². The summed E-state index contributed by atoms with van der Waals surface area (Å²) in [7, 11) is 0. The Bertz CT molecular complexity index is 271. The molecule has 0 aromatic heterocycles. The first-order valence-corrected chi connectivity index (χ1v) is 5.28. The van der Waals surface area contributed by atoms with E-state index in [2.05, 4.69) is 38.8 Å². The molecule has 0 heterocycles. The van der Waals surface area contributed by atoms with Crippen molar-refractivity contribution in [2.75, 3.05) is 0 Å². The van der Waals surface area contributed by atoms with Crippen LogP contribution in [0.3, 0.4) is 0 Å². The summed E-state index contributed by atoms with van der Waals surface area (Å²) in [6, 6.07) is 4.06. The Morgan fingerprint density at radius 1 is 1.36 bits per heavy atom. The van der Waals surface area contributed by atoms with E-state index in [1.54, 1.807) is 0 Å². The van der Waals surface area contributed by atoms with Gasteiger partial charge in [-0.25, -0.2) is 0 Å². The van der Waals surface area contributed by atoms with Crippen LogP contribution in [0.2, 0.25) is 0 Å². The van der Waals surface area contributed by atoms with Crippen LogP contribution < -0.4 is 0 Å². The molecule has 0 aliphatic rings. The third kappa shape index (κ3) is 1.98. The van der Waals surface area contributed by atoms with Crippen molar-refractivity contribution in [2.45, 2.75) is 12.8 Å². The molecule has 11 heavy (non-hydrogen) atoms. The van der Waals surface area contributed by atoms with Crippen LogP contribution in [-0.2, 0) is 5.88 Å². The van der Waals surface area contributed by atoms with Gasteiger partial charge in [-0.3, -0.25) is 0 Å². The zero-order chi connectivity index (χ0) is 8.43. The lowest BCUT2D eigenvalue weighted by Crippen LogP contribution is -1.86. The summed E-state index contributed by atoms with van der Waals surface area (Å²) in [6.07, 6.45) is 0. The maximum atomic E-state index is 5.76. The predicted molar refractivity (Wildman–Crippen MR) is 56.1 cm³/mol. The van der Waals surface area contributed by atoms with E-state index in [9.17, 15) is 0 Å². The summed E-state index contributed by atoms with van der Waals surface area (Å²) in [4.78, 5) is 0. The van der Waals surface area contributed by atoms with Crippen LogP contribution in [0.1, 0.15) is 11.1 Å². The number of alkyl halides is 1. The number of rotatable bonds is 1. The molecule has 1 rings (SSSR count). The lowest BCUT2D eigenvalue weighted by atomic mass is 10.1. The largest absolute Gasteiger partial charge is 0.121 e. The summed E-state index contributed by atoms with van der Waals surface area (Å²) in [5.74, 6) is 0.547. The number of hydrogen-bond donors (Lipinski definition) is 0. The molecule has 0 aliphatic heterocycles. The van der Waals surface area contributed by atoms with E-state index in [-0.39, 0.29) is 0 Å². The van der Waals surface area contributed by atoms with Crippen molar-refractivity contribution in [3.8, 4) is 0 Å². The summed E-state index contributed by atoms with van der Waals surface area (Å²) in [5.41, 5.74) is 2.37. The third-order valence-electron chi connectivity index (χ3n) is 1.56. The van der Waals surface area contributed by atoms with Gasteiger partial charge in [0.2, 0.25) is 0 Å². The van der Waals surface area contributed by atoms with Gasteiger partial charge in [0.05, 0.1) is 0 Å². The van der Waals surface area contributed by atoms with E-state index >= 15 is 0 Å². The Hall–Kier alpha value is 0.470. The molecule has 0 N–H and O–H groups in total. The number of halogens is 3. The molecule has 0 saturated heterocycles. The van der Waals surface area contributed by atoms with Gasteiger partial charge in [0, 0.05) is 14.8 Å². The second kappa shape index (κ2) is 3.92. The predicted octanol–water partition coefficient (Wildman–Crippen LogP) is 4.26. The molecule has 0 spiro atoms. The second-order valence-corrected chi connectivity index (χ2v) is 4.21. The normalized spacial score (nSPS) is 10.2. The molecule has 1 aromatic carbocycles. The van der Waals surface area contributed by atoms with Crippen molar-refractivity contribution < 1.29 is 0 Å². The van der Waals surface area contributed by atoms with Gasteiger partial charge in [-0.1, -0.05) is 6.07 Å². The fourth-order valence-corrected chi connectivity index (χ4v) is 2.32. The standard InChI is InChI=1S/C8H7Br2Cl/c1-5-2-3-7(9)8(10)6(5)4-11/h2-3H,4H2,1H3. The minimum atomic E-state index is 0.547. The molecule has 0 nitrogen and oxygen atoms in total. The van der Waals surface area contributed by atoms with E-state index in [0.717, 1.165) is 14.5 Å². The first kappa shape index (κ1) is 9.56. The van der Waals surface area contributed by atoms with Crippen LogP contribution in [0.25, 0.3) is 0 Å². The van der Waals surface area contributed by atoms with Crippen LogP contribution in [-0.4, -0.2) is 0 Å². The van der Waals surface area contributed by atoms with Crippen molar-refractivity contribution in [3.63, 3.8) is 0 Å². The topological polar surface area (TPSA) is 0 Å². The molecule has 0 atom stereocenters. The third-order valence-corrected chi connectivity index (χ3v) is 3.93. The fraction of sp³-hybridized carbons (Fsp3) is 0.250. The molecule has 0 radical (unpaired) electrons. The van der Waals surface area contributed by atoms with Gasteiger partial charge >= 0.3 is 0 Å². The van der Waals surface area contributed by atoms with Gasteiger partial charge in [0.1, 0.15) is 0 Å². The quantitative estimate of drug-likeness (QED) is 0.680. The highest BCUT2D eigenvalue weighted by Crippen LogP contribution is 2.29. The lowest BCUT2D eigenvalue weighted by molar-refractivity contribution is 1.26. The molecule has 0 unspecified atom stereocenters. The Labute approximate surface area is 88.2 Å². The van der Waals surface area contributed by atoms with Gasteiger partial charge in [0.15, 0.2) is 0 Å². The zero-order valence-corrected chi connectivity index (χ0v) is 9.92. The van der Waals surface area contributed by atoms with Gasteiger partial charge in [-0.15, -0.1) is 11.6 Å². The maximum absolute atomic E-state index is 5.76. The molecule has 0 aliphatic carbocycles. The zero-order valence-electron chi connectivity index (χ0n) is 6.00. The molecule has 1 aromatic rings. The first-order chi connectivity index (χ1) is 5.16. The molecular formula is C8H7Br2Cl. The highest BCUT2D eigenvalue weighted by Gasteiger charge is 2.04. The smallest absolute Gasteiger partial charge is 0.0488 e. The van der Waals surface area contributed by atoms with Crippen molar-refractivity contribution in [3.05, 3.63) is 32.2 Å². The molecule has 3 heteroatoms. The number of hydrogen-bond acceptors (Lipinski definition) is 0. The van der Waals surface area contributed by atoms with E-state index in [1.807, 2.05) is 12.1 Å². The Morgan fingerprint density at radius 2 is 2.00 bits per heavy atom. The number of benzene rings is 1. The van der Waals surface area contributed by atoms with Crippen molar-refractivity contribution in [1.29, 1.82) is 0 Å². The van der Waals surface area contributed by atoms with Crippen LogP contribution >= 0.6 is 43.5 Å². The minimum Gasteiger partial charge on any atom is -0.121 e. The summed E-state index contributed by atoms with van der Waals surface area (Å²) < 4.78 is 2.12. The SMILES string of the molecule is Cc1ccc(Br)c(Br)c1CCl. The van der Waals surface area contributed by atoms with E-state index in [0.29, 0.717) is 5.88 Å². The van der Waals surface area contributed by atoms with Crippen molar-refractivity contribution >= 4 is 43.5 Å². The Morgan fingerprint density at radius 3 is 2.45 bits per heavy atom. The summed E-state index contributed by atoms with van der Waals surface area (Å²) >= 11 is 12.6. The molecule has 0 saturated carbocycles. The van der Waals surface area contributed by atoms with Gasteiger partial charge in [-0.05, 0) is 56.0 Å². The minimum absolute atomic E-state index is 0.547. The molecule has 0 bridgehead atoms.